The molecule has 0 aromatic rings. The molecule has 0 amide bonds. The van der Waals surface area contributed by atoms with E-state index in [0.717, 1.165) is 32.0 Å². The van der Waals surface area contributed by atoms with E-state index in [1.165, 1.54) is 0 Å². The number of allylic oxidation sites excluding steroid dienone is 2. The molecule has 12 heavy (non-hydrogen) atoms. The molecule has 70 valence electrons. The van der Waals surface area contributed by atoms with E-state index in [1.807, 2.05) is 13.8 Å². The molecular weight excluding hydrogens is 148 g/mol. The minimum atomic E-state index is -0.125. The van der Waals surface area contributed by atoms with Crippen LogP contribution in [0.5, 0.6) is 0 Å². The van der Waals surface area contributed by atoms with Crippen LogP contribution in [0.15, 0.2) is 12.2 Å². The summed E-state index contributed by atoms with van der Waals surface area (Å²) >= 11 is 0. The molecule has 0 fully saturated rings. The zero-order chi connectivity index (χ0) is 9.45. The van der Waals surface area contributed by atoms with Gasteiger partial charge in [0.25, 0.3) is 0 Å². The van der Waals surface area contributed by atoms with Crippen LogP contribution in [0.1, 0.15) is 46.5 Å². The van der Waals surface area contributed by atoms with Crippen LogP contribution in [-0.4, -0.2) is 6.29 Å². The van der Waals surface area contributed by atoms with Gasteiger partial charge in [0, 0.05) is 5.41 Å². The molecule has 0 aromatic heterocycles. The van der Waals surface area contributed by atoms with E-state index in [4.69, 9.17) is 0 Å². The Balaban J connectivity index is 3.43. The number of rotatable bonds is 6. The first kappa shape index (κ1) is 11.4. The number of aldehydes is 1. The topological polar surface area (TPSA) is 17.1 Å². The normalized spacial score (nSPS) is 12.2. The Kier molecular flexibility index (Phi) is 5.69. The van der Waals surface area contributed by atoms with E-state index in [0.29, 0.717) is 0 Å². The van der Waals surface area contributed by atoms with Gasteiger partial charge in [0.15, 0.2) is 0 Å². The lowest BCUT2D eigenvalue weighted by molar-refractivity contribution is -0.115. The van der Waals surface area contributed by atoms with Gasteiger partial charge in [0.1, 0.15) is 6.29 Å². The van der Waals surface area contributed by atoms with Gasteiger partial charge in [-0.15, -0.1) is 0 Å². The van der Waals surface area contributed by atoms with Crippen LogP contribution >= 0.6 is 0 Å². The minimum absolute atomic E-state index is 0.125. The lowest BCUT2D eigenvalue weighted by Crippen LogP contribution is -2.11. The van der Waals surface area contributed by atoms with Crippen molar-refractivity contribution in [3.63, 3.8) is 0 Å². The number of unbranched alkanes of at least 4 members (excludes halogenated alkanes) is 1. The Morgan fingerprint density at radius 1 is 1.25 bits per heavy atom. The van der Waals surface area contributed by atoms with Crippen LogP contribution in [0, 0.1) is 5.41 Å². The van der Waals surface area contributed by atoms with Crippen molar-refractivity contribution in [1.29, 1.82) is 0 Å². The molecule has 0 atom stereocenters. The van der Waals surface area contributed by atoms with Gasteiger partial charge in [-0.2, -0.15) is 0 Å². The Labute approximate surface area is 75.9 Å². The Morgan fingerprint density at radius 3 is 2.42 bits per heavy atom. The summed E-state index contributed by atoms with van der Waals surface area (Å²) < 4.78 is 0. The summed E-state index contributed by atoms with van der Waals surface area (Å²) in [7, 11) is 0. The predicted octanol–water partition coefficient (Wildman–Crippen LogP) is 3.35. The average molecular weight is 168 g/mol. The molecule has 0 saturated carbocycles. The Bertz CT molecular complexity index is 145. The molecule has 0 aliphatic rings. The standard InChI is InChI=1S/C11H20O/c1-4-5-6-7-8-9-11(2,3)10-12/h5-6,10H,4,7-9H2,1-3H3. The van der Waals surface area contributed by atoms with Gasteiger partial charge < -0.3 is 4.79 Å². The maximum atomic E-state index is 10.5. The third-order valence-electron chi connectivity index (χ3n) is 1.91. The number of carbonyl (C=O) groups excluding carboxylic acids is 1. The third kappa shape index (κ3) is 6.14. The molecule has 0 rings (SSSR count). The van der Waals surface area contributed by atoms with Gasteiger partial charge in [-0.05, 0) is 25.7 Å². The van der Waals surface area contributed by atoms with Gasteiger partial charge >= 0.3 is 0 Å². The Hall–Kier alpha value is -0.590. The van der Waals surface area contributed by atoms with E-state index in [1.54, 1.807) is 0 Å². The van der Waals surface area contributed by atoms with E-state index in [9.17, 15) is 4.79 Å². The zero-order valence-corrected chi connectivity index (χ0v) is 8.47. The summed E-state index contributed by atoms with van der Waals surface area (Å²) in [4.78, 5) is 10.5. The molecule has 0 aromatic carbocycles. The molecule has 0 aliphatic carbocycles. The minimum Gasteiger partial charge on any atom is -0.303 e. The van der Waals surface area contributed by atoms with Crippen molar-refractivity contribution in [3.05, 3.63) is 12.2 Å². The Morgan fingerprint density at radius 2 is 1.92 bits per heavy atom. The molecule has 0 unspecified atom stereocenters. The molecule has 0 bridgehead atoms. The van der Waals surface area contributed by atoms with Crippen LogP contribution in [0.25, 0.3) is 0 Å². The summed E-state index contributed by atoms with van der Waals surface area (Å²) in [5.74, 6) is 0. The van der Waals surface area contributed by atoms with Gasteiger partial charge in [0.2, 0.25) is 0 Å². The summed E-state index contributed by atoms with van der Waals surface area (Å²) in [5, 5.41) is 0. The van der Waals surface area contributed by atoms with Crippen LogP contribution in [-0.2, 0) is 4.79 Å². The fraction of sp³-hybridized carbons (Fsp3) is 0.727. The lowest BCUT2D eigenvalue weighted by atomic mass is 9.89. The smallest absolute Gasteiger partial charge is 0.125 e. The number of hydrogen-bond donors (Lipinski definition) is 0. The molecule has 0 radical (unpaired) electrons. The first-order valence-electron chi connectivity index (χ1n) is 4.73. The van der Waals surface area contributed by atoms with E-state index >= 15 is 0 Å². The van der Waals surface area contributed by atoms with Crippen molar-refractivity contribution >= 4 is 6.29 Å². The average Bonchev–Trinajstić information content (AvgIpc) is 2.04. The second-order valence-corrected chi connectivity index (χ2v) is 3.88. The second kappa shape index (κ2) is 5.99. The molecule has 0 N–H and O–H groups in total. The first-order valence-corrected chi connectivity index (χ1v) is 4.73. The highest BCUT2D eigenvalue weighted by atomic mass is 16.1. The van der Waals surface area contributed by atoms with E-state index in [2.05, 4.69) is 19.1 Å². The molecular formula is C11H20O. The number of carbonyl (C=O) groups is 1. The molecule has 0 aliphatic heterocycles. The van der Waals surface area contributed by atoms with Gasteiger partial charge in [-0.25, -0.2) is 0 Å². The van der Waals surface area contributed by atoms with Gasteiger partial charge in [-0.1, -0.05) is 32.9 Å². The van der Waals surface area contributed by atoms with Crippen molar-refractivity contribution in [3.8, 4) is 0 Å². The molecule has 0 spiro atoms. The van der Waals surface area contributed by atoms with Crippen molar-refractivity contribution in [1.82, 2.24) is 0 Å². The van der Waals surface area contributed by atoms with E-state index in [-0.39, 0.29) is 5.41 Å². The molecule has 0 saturated heterocycles. The predicted molar refractivity (Wildman–Crippen MR) is 53.1 cm³/mol. The van der Waals surface area contributed by atoms with Crippen molar-refractivity contribution in [2.75, 3.05) is 0 Å². The zero-order valence-electron chi connectivity index (χ0n) is 8.47. The summed E-state index contributed by atoms with van der Waals surface area (Å²) in [6.07, 6.45) is 9.74. The highest BCUT2D eigenvalue weighted by Crippen LogP contribution is 2.19. The van der Waals surface area contributed by atoms with Gasteiger partial charge in [0.05, 0.1) is 0 Å². The van der Waals surface area contributed by atoms with Crippen molar-refractivity contribution in [2.45, 2.75) is 46.5 Å². The highest BCUT2D eigenvalue weighted by Gasteiger charge is 2.14. The maximum absolute atomic E-state index is 10.5. The summed E-state index contributed by atoms with van der Waals surface area (Å²) in [6, 6.07) is 0. The number of hydrogen-bond acceptors (Lipinski definition) is 1. The fourth-order valence-electron chi connectivity index (χ4n) is 1.02. The van der Waals surface area contributed by atoms with E-state index < -0.39 is 0 Å². The molecule has 0 heterocycles. The van der Waals surface area contributed by atoms with Crippen LogP contribution in [0.3, 0.4) is 0 Å². The maximum Gasteiger partial charge on any atom is 0.125 e. The highest BCUT2D eigenvalue weighted by molar-refractivity contribution is 5.57. The first-order chi connectivity index (χ1) is 5.62. The van der Waals surface area contributed by atoms with Crippen LogP contribution in [0.2, 0.25) is 0 Å². The fourth-order valence-corrected chi connectivity index (χ4v) is 1.02. The monoisotopic (exact) mass is 168 g/mol. The van der Waals surface area contributed by atoms with Crippen LogP contribution in [0.4, 0.5) is 0 Å². The van der Waals surface area contributed by atoms with Gasteiger partial charge in [-0.3, -0.25) is 0 Å². The molecule has 1 nitrogen and oxygen atoms in total. The van der Waals surface area contributed by atoms with Crippen LogP contribution < -0.4 is 0 Å². The van der Waals surface area contributed by atoms with Crippen molar-refractivity contribution < 1.29 is 4.79 Å². The summed E-state index contributed by atoms with van der Waals surface area (Å²) in [6.45, 7) is 6.11. The van der Waals surface area contributed by atoms with Crippen molar-refractivity contribution in [2.24, 2.45) is 5.41 Å². The molecule has 1 heteroatoms. The lowest BCUT2D eigenvalue weighted by Gasteiger charge is -2.14. The second-order valence-electron chi connectivity index (χ2n) is 3.88. The SMILES string of the molecule is CCC=CCCCC(C)(C)C=O. The summed E-state index contributed by atoms with van der Waals surface area (Å²) in [5.41, 5.74) is -0.125. The quantitative estimate of drug-likeness (QED) is 0.338. The largest absolute Gasteiger partial charge is 0.303 e. The third-order valence-corrected chi connectivity index (χ3v) is 1.91.